The van der Waals surface area contributed by atoms with Crippen molar-refractivity contribution >= 4 is 16.7 Å². The summed E-state index contributed by atoms with van der Waals surface area (Å²) in [5.41, 5.74) is 7.14. The molecule has 0 atom stereocenters. The minimum absolute atomic E-state index is 0.128. The first-order valence-electron chi connectivity index (χ1n) is 5.53. The molecule has 1 aromatic carbocycles. The summed E-state index contributed by atoms with van der Waals surface area (Å²) in [5.74, 6) is 0.0421. The van der Waals surface area contributed by atoms with E-state index in [-0.39, 0.29) is 11.7 Å². The van der Waals surface area contributed by atoms with E-state index in [1.807, 2.05) is 30.3 Å². The van der Waals surface area contributed by atoms with E-state index in [4.69, 9.17) is 10.9 Å². The van der Waals surface area contributed by atoms with Crippen LogP contribution in [0.5, 0.6) is 0 Å². The molecule has 3 aromatic rings. The maximum absolute atomic E-state index is 8.60. The zero-order valence-electron chi connectivity index (χ0n) is 9.80. The third-order valence-electron chi connectivity index (χ3n) is 2.70. The number of pyridine rings is 1. The Bertz CT molecular complexity index is 758. The minimum Gasteiger partial charge on any atom is -0.409 e. The monoisotopic (exact) mass is 254 g/mol. The molecule has 0 unspecified atom stereocenters. The van der Waals surface area contributed by atoms with Crippen LogP contribution in [0.4, 0.5) is 0 Å². The molecule has 0 saturated heterocycles. The van der Waals surface area contributed by atoms with Gasteiger partial charge >= 0.3 is 0 Å². The number of nitrogens with two attached hydrogens (primary N) is 1. The van der Waals surface area contributed by atoms with Crippen molar-refractivity contribution < 1.29 is 5.21 Å². The fourth-order valence-corrected chi connectivity index (χ4v) is 1.82. The van der Waals surface area contributed by atoms with E-state index in [0.717, 1.165) is 16.6 Å². The predicted molar refractivity (Wildman–Crippen MR) is 69.2 cm³/mol. The van der Waals surface area contributed by atoms with Gasteiger partial charge in [0.05, 0.1) is 11.2 Å². The number of hydrogen-bond acceptors (Lipinski definition) is 5. The van der Waals surface area contributed by atoms with Crippen LogP contribution in [0.1, 0.15) is 5.82 Å². The quantitative estimate of drug-likeness (QED) is 0.306. The van der Waals surface area contributed by atoms with Crippen molar-refractivity contribution in [1.82, 2.24) is 19.7 Å². The predicted octanol–water partition coefficient (Wildman–Crippen LogP) is 0.910. The van der Waals surface area contributed by atoms with Gasteiger partial charge < -0.3 is 10.9 Å². The van der Waals surface area contributed by atoms with Crippen molar-refractivity contribution in [3.8, 4) is 5.69 Å². The van der Waals surface area contributed by atoms with Crippen LogP contribution in [-0.4, -0.2) is 30.8 Å². The molecule has 0 fully saturated rings. The smallest absolute Gasteiger partial charge is 0.220 e. The number of benzene rings is 1. The average molecular weight is 254 g/mol. The summed E-state index contributed by atoms with van der Waals surface area (Å²) in [4.78, 5) is 8.26. The Morgan fingerprint density at radius 3 is 2.89 bits per heavy atom. The van der Waals surface area contributed by atoms with E-state index in [1.165, 1.54) is 6.33 Å². The van der Waals surface area contributed by atoms with Crippen LogP contribution in [0.2, 0.25) is 0 Å². The standard InChI is InChI=1S/C12H10N6O/c13-11(17-19)12-15-7-18(16-12)10-5-6-14-9-4-2-1-3-8(9)10/h1-7,19H,(H2,13,17). The SMILES string of the molecule is NC(=NO)c1ncn(-c2ccnc3ccccc23)n1. The number of fused-ring (bicyclic) bond motifs is 1. The van der Waals surface area contributed by atoms with Crippen molar-refractivity contribution in [2.75, 3.05) is 0 Å². The number of amidine groups is 1. The summed E-state index contributed by atoms with van der Waals surface area (Å²) in [6.45, 7) is 0. The van der Waals surface area contributed by atoms with Gasteiger partial charge in [0, 0.05) is 11.6 Å². The molecule has 0 radical (unpaired) electrons. The van der Waals surface area contributed by atoms with Crippen LogP contribution < -0.4 is 5.73 Å². The normalized spacial score (nSPS) is 11.9. The van der Waals surface area contributed by atoms with Crippen LogP contribution in [-0.2, 0) is 0 Å². The molecule has 3 rings (SSSR count). The van der Waals surface area contributed by atoms with Crippen molar-refractivity contribution in [2.45, 2.75) is 0 Å². The Labute approximate surface area is 108 Å². The highest BCUT2D eigenvalue weighted by molar-refractivity contribution is 5.93. The van der Waals surface area contributed by atoms with Crippen molar-refractivity contribution in [1.29, 1.82) is 0 Å². The molecule has 7 heteroatoms. The van der Waals surface area contributed by atoms with Gasteiger partial charge in [-0.1, -0.05) is 23.4 Å². The lowest BCUT2D eigenvalue weighted by molar-refractivity contribution is 0.318. The molecule has 0 amide bonds. The first kappa shape index (κ1) is 11.1. The Hall–Kier alpha value is -2.96. The summed E-state index contributed by atoms with van der Waals surface area (Å²) in [6, 6.07) is 9.53. The van der Waals surface area contributed by atoms with Gasteiger partial charge in [0.2, 0.25) is 11.7 Å². The maximum atomic E-state index is 8.60. The molecule has 0 bridgehead atoms. The second-order valence-electron chi connectivity index (χ2n) is 3.85. The van der Waals surface area contributed by atoms with Gasteiger partial charge in [-0.25, -0.2) is 9.67 Å². The van der Waals surface area contributed by atoms with E-state index >= 15 is 0 Å². The molecular formula is C12H10N6O. The summed E-state index contributed by atoms with van der Waals surface area (Å²) >= 11 is 0. The van der Waals surface area contributed by atoms with Gasteiger partial charge in [-0.15, -0.1) is 5.10 Å². The van der Waals surface area contributed by atoms with Crippen LogP contribution in [0.15, 0.2) is 48.0 Å². The molecule has 0 aliphatic rings. The highest BCUT2D eigenvalue weighted by Crippen LogP contribution is 2.19. The lowest BCUT2D eigenvalue weighted by Gasteiger charge is -2.04. The van der Waals surface area contributed by atoms with Crippen LogP contribution in [0.3, 0.4) is 0 Å². The zero-order chi connectivity index (χ0) is 13.2. The summed E-state index contributed by atoms with van der Waals surface area (Å²) in [5, 5.41) is 16.6. The minimum atomic E-state index is -0.128. The number of rotatable bonds is 2. The number of aromatic nitrogens is 4. The number of hydrogen-bond donors (Lipinski definition) is 2. The largest absolute Gasteiger partial charge is 0.409 e. The highest BCUT2D eigenvalue weighted by atomic mass is 16.4. The lowest BCUT2D eigenvalue weighted by Crippen LogP contribution is -2.15. The zero-order valence-corrected chi connectivity index (χ0v) is 9.80. The second kappa shape index (κ2) is 4.37. The van der Waals surface area contributed by atoms with Crippen LogP contribution in [0, 0.1) is 0 Å². The first-order valence-corrected chi connectivity index (χ1v) is 5.53. The van der Waals surface area contributed by atoms with E-state index in [0.29, 0.717) is 0 Å². The molecule has 2 heterocycles. The molecule has 19 heavy (non-hydrogen) atoms. The Morgan fingerprint density at radius 1 is 1.21 bits per heavy atom. The lowest BCUT2D eigenvalue weighted by atomic mass is 10.2. The van der Waals surface area contributed by atoms with Gasteiger partial charge in [-0.2, -0.15) is 0 Å². The molecule has 0 spiro atoms. The van der Waals surface area contributed by atoms with Crippen LogP contribution in [0.25, 0.3) is 16.6 Å². The van der Waals surface area contributed by atoms with Crippen LogP contribution >= 0.6 is 0 Å². The van der Waals surface area contributed by atoms with Gasteiger partial charge in [0.1, 0.15) is 6.33 Å². The molecule has 0 aliphatic heterocycles. The number of para-hydroxylation sites is 1. The first-order chi connectivity index (χ1) is 9.29. The molecule has 0 aliphatic carbocycles. The average Bonchev–Trinajstić information content (AvgIpc) is 2.95. The van der Waals surface area contributed by atoms with E-state index in [9.17, 15) is 0 Å². The molecule has 2 aromatic heterocycles. The summed E-state index contributed by atoms with van der Waals surface area (Å²) in [7, 11) is 0. The number of nitrogens with zero attached hydrogens (tertiary/aromatic N) is 5. The van der Waals surface area contributed by atoms with Crippen molar-refractivity contribution in [3.63, 3.8) is 0 Å². The maximum Gasteiger partial charge on any atom is 0.220 e. The molecule has 94 valence electrons. The Kier molecular flexibility index (Phi) is 2.57. The van der Waals surface area contributed by atoms with Crippen molar-refractivity contribution in [2.24, 2.45) is 10.9 Å². The summed E-state index contributed by atoms with van der Waals surface area (Å²) in [6.07, 6.45) is 3.21. The molecule has 0 saturated carbocycles. The molecule has 7 nitrogen and oxygen atoms in total. The molecule has 3 N–H and O–H groups in total. The Morgan fingerprint density at radius 2 is 2.05 bits per heavy atom. The molecular weight excluding hydrogens is 244 g/mol. The van der Waals surface area contributed by atoms with Crippen molar-refractivity contribution in [3.05, 3.63) is 48.7 Å². The van der Waals surface area contributed by atoms with E-state index < -0.39 is 0 Å². The topological polar surface area (TPSA) is 102 Å². The third kappa shape index (κ3) is 1.86. The van der Waals surface area contributed by atoms with Gasteiger partial charge in [-0.05, 0) is 12.1 Å². The van der Waals surface area contributed by atoms with Gasteiger partial charge in [0.15, 0.2) is 0 Å². The summed E-state index contributed by atoms with van der Waals surface area (Å²) < 4.78 is 1.57. The highest BCUT2D eigenvalue weighted by Gasteiger charge is 2.09. The fourth-order valence-electron chi connectivity index (χ4n) is 1.82. The van der Waals surface area contributed by atoms with E-state index in [1.54, 1.807) is 10.9 Å². The Balaban J connectivity index is 2.17. The fraction of sp³-hybridized carbons (Fsp3) is 0. The van der Waals surface area contributed by atoms with Gasteiger partial charge in [0.25, 0.3) is 0 Å². The second-order valence-corrected chi connectivity index (χ2v) is 3.85. The number of oxime groups is 1. The van der Waals surface area contributed by atoms with E-state index in [2.05, 4.69) is 20.2 Å². The third-order valence-corrected chi connectivity index (χ3v) is 2.70. The van der Waals surface area contributed by atoms with Gasteiger partial charge in [-0.3, -0.25) is 4.98 Å².